The molecule has 0 unspecified atom stereocenters. The van der Waals surface area contributed by atoms with Crippen LogP contribution in [0.2, 0.25) is 0 Å². The molecule has 2 N–H and O–H groups in total. The molecule has 1 amide bonds. The molecule has 2 heterocycles. The van der Waals surface area contributed by atoms with Gasteiger partial charge in [0.15, 0.2) is 0 Å². The molecular formula is C35H35F6N5O5S. The van der Waals surface area contributed by atoms with E-state index in [1.54, 1.807) is 13.0 Å². The fourth-order valence-electron chi connectivity index (χ4n) is 7.29. The number of hydrogen-bond donors (Lipinski definition) is 2. The second-order valence-electron chi connectivity index (χ2n) is 13.4. The number of carbonyl (C=O) groups is 2. The van der Waals surface area contributed by atoms with Gasteiger partial charge in [-0.1, -0.05) is 12.1 Å². The number of imidazole rings is 1. The van der Waals surface area contributed by atoms with E-state index in [-0.39, 0.29) is 36.0 Å². The number of sulfonamides is 1. The molecule has 1 saturated heterocycles. The predicted octanol–water partition coefficient (Wildman–Crippen LogP) is 6.41. The molecule has 0 radical (unpaired) electrons. The molecule has 1 saturated carbocycles. The summed E-state index contributed by atoms with van der Waals surface area (Å²) in [4.78, 5) is 32.4. The summed E-state index contributed by atoms with van der Waals surface area (Å²) in [5.74, 6) is -9.86. The lowest BCUT2D eigenvalue weighted by atomic mass is 9.66. The molecule has 3 aromatic carbocycles. The minimum atomic E-state index is -4.85. The third-order valence-electron chi connectivity index (χ3n) is 10.2. The van der Waals surface area contributed by atoms with Crippen LogP contribution >= 0.6 is 0 Å². The van der Waals surface area contributed by atoms with E-state index in [2.05, 4.69) is 10.3 Å². The Balaban J connectivity index is 1.30. The Bertz CT molecular complexity index is 2140. The fourth-order valence-corrected chi connectivity index (χ4v) is 8.51. The largest absolute Gasteiger partial charge is 0.481 e. The number of anilines is 2. The Morgan fingerprint density at radius 2 is 1.73 bits per heavy atom. The second-order valence-corrected chi connectivity index (χ2v) is 15.4. The fraction of sp³-hybridized carbons (Fsp3) is 0.400. The summed E-state index contributed by atoms with van der Waals surface area (Å²) >= 11 is 0. The normalized spacial score (nSPS) is 22.4. The van der Waals surface area contributed by atoms with Gasteiger partial charge in [0.25, 0.3) is 15.9 Å². The number of hydrogen-bond acceptors (Lipinski definition) is 6. The Labute approximate surface area is 295 Å². The first-order chi connectivity index (χ1) is 24.3. The van der Waals surface area contributed by atoms with Gasteiger partial charge >= 0.3 is 12.1 Å². The first-order valence-corrected chi connectivity index (χ1v) is 17.7. The first-order valence-electron chi connectivity index (χ1n) is 16.3. The summed E-state index contributed by atoms with van der Waals surface area (Å²) in [5, 5.41) is 12.7. The zero-order valence-corrected chi connectivity index (χ0v) is 29.0. The number of fused-ring (bicyclic) bond motifs is 1. The number of rotatable bonds is 8. The molecule has 10 nitrogen and oxygen atoms in total. The molecular weight excluding hydrogens is 716 g/mol. The molecule has 2 aliphatic rings. The van der Waals surface area contributed by atoms with Crippen LogP contribution in [-0.2, 0) is 32.8 Å². The van der Waals surface area contributed by atoms with Crippen molar-refractivity contribution >= 4 is 44.3 Å². The van der Waals surface area contributed by atoms with Crippen molar-refractivity contribution in [2.24, 2.45) is 18.9 Å². The van der Waals surface area contributed by atoms with Crippen molar-refractivity contribution in [3.8, 4) is 0 Å². The summed E-state index contributed by atoms with van der Waals surface area (Å²) in [7, 11) is -0.918. The van der Waals surface area contributed by atoms with Gasteiger partial charge in [-0.25, -0.2) is 26.6 Å². The standard InChI is InChI=1S/C35H35F6N5O5S/c1-19-42-29-17-24(9-11-30(29)44(19)2)52(50,51)45(3)22-7-4-20(5-8-22)25-15-23(46-13-12-34(37,38)18-46)16-26(31(25)33(48)49)32(47)43-28-10-6-21(14-27(28)36)35(39,40)41/h4-11,14,17,23,25-26,31H,12-13,15-16,18H2,1-3H3,(H,43,47)(H,48,49)/t23-,25-,26-,31-/m0/s1. The lowest BCUT2D eigenvalue weighted by molar-refractivity contribution is -0.150. The Hall–Kier alpha value is -4.64. The maximum Gasteiger partial charge on any atom is 0.416 e. The Kier molecular flexibility index (Phi) is 9.57. The van der Waals surface area contributed by atoms with E-state index in [4.69, 9.17) is 0 Å². The van der Waals surface area contributed by atoms with Crippen molar-refractivity contribution < 1.29 is 49.5 Å². The average Bonchev–Trinajstić information content (AvgIpc) is 3.60. The van der Waals surface area contributed by atoms with Crippen LogP contribution in [0, 0.1) is 24.6 Å². The summed E-state index contributed by atoms with van der Waals surface area (Å²) in [5.41, 5.74) is -0.0268. The lowest BCUT2D eigenvalue weighted by Gasteiger charge is -2.42. The lowest BCUT2D eigenvalue weighted by Crippen LogP contribution is -2.49. The zero-order valence-electron chi connectivity index (χ0n) is 28.2. The Morgan fingerprint density at radius 3 is 2.33 bits per heavy atom. The molecule has 52 heavy (non-hydrogen) atoms. The number of amides is 1. The highest BCUT2D eigenvalue weighted by atomic mass is 32.2. The maximum atomic E-state index is 14.7. The van der Waals surface area contributed by atoms with Crippen LogP contribution in [0.5, 0.6) is 0 Å². The van der Waals surface area contributed by atoms with Gasteiger partial charge in [-0.15, -0.1) is 0 Å². The van der Waals surface area contributed by atoms with Gasteiger partial charge in [0.1, 0.15) is 11.6 Å². The number of aryl methyl sites for hydroxylation is 2. The van der Waals surface area contributed by atoms with E-state index in [1.807, 2.05) is 11.6 Å². The molecule has 1 aromatic heterocycles. The van der Waals surface area contributed by atoms with Gasteiger partial charge in [-0.3, -0.25) is 18.8 Å². The number of nitrogens with one attached hydrogen (secondary N) is 1. The van der Waals surface area contributed by atoms with Crippen LogP contribution in [0.3, 0.4) is 0 Å². The van der Waals surface area contributed by atoms with Crippen LogP contribution < -0.4 is 9.62 Å². The minimum Gasteiger partial charge on any atom is -0.481 e. The van der Waals surface area contributed by atoms with E-state index < -0.39 is 87.8 Å². The molecule has 2 fully saturated rings. The number of likely N-dealkylation sites (tertiary alicyclic amines) is 1. The number of alkyl halides is 5. The number of aromatic nitrogens is 2. The van der Waals surface area contributed by atoms with Gasteiger partial charge in [-0.05, 0) is 79.8 Å². The smallest absolute Gasteiger partial charge is 0.416 e. The van der Waals surface area contributed by atoms with Crippen LogP contribution in [0.25, 0.3) is 11.0 Å². The van der Waals surface area contributed by atoms with Gasteiger partial charge < -0.3 is 15.0 Å². The number of carboxylic acids is 1. The summed E-state index contributed by atoms with van der Waals surface area (Å²) < 4.78 is 113. The van der Waals surface area contributed by atoms with E-state index in [0.717, 1.165) is 15.9 Å². The third-order valence-corrected chi connectivity index (χ3v) is 12.0. The van der Waals surface area contributed by atoms with E-state index >= 15 is 0 Å². The van der Waals surface area contributed by atoms with Crippen LogP contribution in [0.1, 0.15) is 42.1 Å². The molecule has 4 aromatic rings. The molecule has 4 atom stereocenters. The zero-order chi connectivity index (χ0) is 37.9. The average molecular weight is 752 g/mol. The quantitative estimate of drug-likeness (QED) is 0.200. The molecule has 1 aliphatic heterocycles. The molecule has 17 heteroatoms. The third kappa shape index (κ3) is 7.07. The SMILES string of the molecule is Cc1nc2cc(S(=O)(=O)N(C)c3ccc([C@@H]4C[C@H](N5CCC(F)(F)C5)C[C@H](C(=O)Nc5ccc(C(F)(F)F)cc5F)[C@H]4C(=O)O)cc3)ccc2n1C. The maximum absolute atomic E-state index is 14.7. The minimum absolute atomic E-state index is 0.00788. The summed E-state index contributed by atoms with van der Waals surface area (Å²) in [6, 6.07) is 11.3. The van der Waals surface area contributed by atoms with Gasteiger partial charge in [0, 0.05) is 33.1 Å². The van der Waals surface area contributed by atoms with E-state index in [9.17, 15) is 49.5 Å². The second kappa shape index (κ2) is 13.4. The number of benzene rings is 3. The number of halogens is 6. The molecule has 0 bridgehead atoms. The van der Waals surface area contributed by atoms with Crippen LogP contribution in [0.15, 0.2) is 65.6 Å². The van der Waals surface area contributed by atoms with E-state index in [0.29, 0.717) is 23.0 Å². The van der Waals surface area contributed by atoms with Gasteiger partial charge in [0.2, 0.25) is 5.91 Å². The van der Waals surface area contributed by atoms with Crippen molar-refractivity contribution in [1.29, 1.82) is 0 Å². The van der Waals surface area contributed by atoms with Gasteiger partial charge in [-0.2, -0.15) is 13.2 Å². The molecule has 1 aliphatic carbocycles. The monoisotopic (exact) mass is 751 g/mol. The van der Waals surface area contributed by atoms with Crippen molar-refractivity contribution in [2.45, 2.75) is 55.1 Å². The first kappa shape index (κ1) is 37.1. The summed E-state index contributed by atoms with van der Waals surface area (Å²) in [6.45, 7) is 1.16. The van der Waals surface area contributed by atoms with Crippen LogP contribution in [0.4, 0.5) is 37.7 Å². The number of carbonyl (C=O) groups excluding carboxylic acids is 1. The van der Waals surface area contributed by atoms with Crippen molar-refractivity contribution in [3.63, 3.8) is 0 Å². The van der Waals surface area contributed by atoms with E-state index in [1.165, 1.54) is 48.3 Å². The van der Waals surface area contributed by atoms with Crippen molar-refractivity contribution in [1.82, 2.24) is 14.5 Å². The van der Waals surface area contributed by atoms with Gasteiger partial charge in [0.05, 0.1) is 51.2 Å². The highest BCUT2D eigenvalue weighted by Gasteiger charge is 2.50. The number of aliphatic carboxylic acids is 1. The Morgan fingerprint density at radius 1 is 1.04 bits per heavy atom. The molecule has 278 valence electrons. The highest BCUT2D eigenvalue weighted by Crippen LogP contribution is 2.46. The number of carboxylic acid groups (broad SMARTS) is 1. The summed E-state index contributed by atoms with van der Waals surface area (Å²) in [6.07, 6.45) is -5.41. The molecule has 6 rings (SSSR count). The van der Waals surface area contributed by atoms with Crippen molar-refractivity contribution in [3.05, 3.63) is 83.4 Å². The topological polar surface area (TPSA) is 125 Å². The highest BCUT2D eigenvalue weighted by molar-refractivity contribution is 7.92. The van der Waals surface area contributed by atoms with Crippen LogP contribution in [-0.4, -0.2) is 72.0 Å². The van der Waals surface area contributed by atoms with Crippen molar-refractivity contribution in [2.75, 3.05) is 29.8 Å². The predicted molar refractivity (Wildman–Crippen MR) is 179 cm³/mol. The molecule has 0 spiro atoms. The number of nitrogens with zero attached hydrogens (tertiary/aromatic N) is 4.